The Balaban J connectivity index is 1.64. The molecule has 1 aromatic carbocycles. The van der Waals surface area contributed by atoms with Gasteiger partial charge in [-0.3, -0.25) is 4.98 Å². The second-order valence-electron chi connectivity index (χ2n) is 8.42. The zero-order valence-corrected chi connectivity index (χ0v) is 21.2. The van der Waals surface area contributed by atoms with Gasteiger partial charge in [0.2, 0.25) is 0 Å². The number of anilines is 1. The number of nitrogens with one attached hydrogen (secondary N) is 1. The maximum Gasteiger partial charge on any atom is 0.174 e. The third-order valence-corrected chi connectivity index (χ3v) is 7.55. The number of aryl methyl sites for hydroxylation is 2. The molecule has 0 unspecified atom stereocenters. The van der Waals surface area contributed by atoms with E-state index < -0.39 is 0 Å². The highest BCUT2D eigenvalue weighted by Crippen LogP contribution is 2.43. The van der Waals surface area contributed by atoms with Crippen molar-refractivity contribution < 1.29 is 4.42 Å². The Hall–Kier alpha value is -2.90. The summed E-state index contributed by atoms with van der Waals surface area (Å²) in [6.45, 7) is 7.11. The van der Waals surface area contributed by atoms with Crippen molar-refractivity contribution in [3.05, 3.63) is 105 Å². The van der Waals surface area contributed by atoms with Gasteiger partial charge in [0.15, 0.2) is 5.11 Å². The molecule has 4 aromatic rings. The second-order valence-corrected chi connectivity index (χ2v) is 9.66. The van der Waals surface area contributed by atoms with Crippen molar-refractivity contribution in [3.63, 3.8) is 0 Å². The highest BCUT2D eigenvalue weighted by Gasteiger charge is 2.42. The van der Waals surface area contributed by atoms with Crippen LogP contribution in [0.25, 0.3) is 0 Å². The molecule has 168 valence electrons. The lowest BCUT2D eigenvalue weighted by molar-refractivity contribution is 0.488. The van der Waals surface area contributed by atoms with Gasteiger partial charge in [-0.25, -0.2) is 0 Å². The molecule has 7 heteroatoms. The molecule has 3 aromatic heterocycles. The van der Waals surface area contributed by atoms with Crippen LogP contribution in [0.15, 0.2) is 75.9 Å². The van der Waals surface area contributed by atoms with Crippen molar-refractivity contribution in [2.45, 2.75) is 39.4 Å². The molecular formula is C26H25BrN4OS. The second kappa shape index (κ2) is 8.80. The molecule has 0 bridgehead atoms. The standard InChI is InChI=1S/C26H25BrN4OS/c1-16-13-19(9-10-22(16)27)31-25(24(29-26(31)33)23-8-4-5-11-28-23)21-14-17(2)30(18(21)3)15-20-7-6-12-32-20/h4-14,24-25H,15H2,1-3H3,(H,29,33)/t24-,25-/m1/s1. The van der Waals surface area contributed by atoms with Gasteiger partial charge >= 0.3 is 0 Å². The largest absolute Gasteiger partial charge is 0.467 e. The number of thiocarbonyl (C=S) groups is 1. The van der Waals surface area contributed by atoms with Crippen LogP contribution in [-0.4, -0.2) is 14.7 Å². The Kier molecular flexibility index (Phi) is 5.85. The fraction of sp³-hybridized carbons (Fsp3) is 0.231. The molecule has 0 amide bonds. The van der Waals surface area contributed by atoms with Gasteiger partial charge in [-0.05, 0) is 92.6 Å². The van der Waals surface area contributed by atoms with Crippen molar-refractivity contribution in [1.29, 1.82) is 0 Å². The van der Waals surface area contributed by atoms with Gasteiger partial charge in [0.05, 0.1) is 30.6 Å². The van der Waals surface area contributed by atoms with Crippen molar-refractivity contribution >= 4 is 38.9 Å². The summed E-state index contributed by atoms with van der Waals surface area (Å²) in [5.74, 6) is 0.935. The highest BCUT2D eigenvalue weighted by atomic mass is 79.9. The fourth-order valence-corrected chi connectivity index (χ4v) is 5.25. The third-order valence-electron chi connectivity index (χ3n) is 6.34. The first kappa shape index (κ1) is 21.9. The molecule has 0 saturated carbocycles. The lowest BCUT2D eigenvalue weighted by Crippen LogP contribution is -2.29. The van der Waals surface area contributed by atoms with E-state index in [-0.39, 0.29) is 12.1 Å². The maximum atomic E-state index is 5.88. The Labute approximate surface area is 207 Å². The van der Waals surface area contributed by atoms with Crippen LogP contribution in [0.1, 0.15) is 46.1 Å². The zero-order chi connectivity index (χ0) is 23.1. The molecule has 2 atom stereocenters. The summed E-state index contributed by atoms with van der Waals surface area (Å²) < 4.78 is 9.01. The van der Waals surface area contributed by atoms with Crippen LogP contribution in [0.2, 0.25) is 0 Å². The van der Waals surface area contributed by atoms with Crippen LogP contribution in [-0.2, 0) is 6.54 Å². The van der Waals surface area contributed by atoms with Crippen LogP contribution in [0.3, 0.4) is 0 Å². The van der Waals surface area contributed by atoms with E-state index in [2.05, 4.69) is 86.8 Å². The molecule has 0 spiro atoms. The summed E-state index contributed by atoms with van der Waals surface area (Å²) in [6, 6.07) is 18.5. The number of hydrogen-bond donors (Lipinski definition) is 1. The fourth-order valence-electron chi connectivity index (χ4n) is 4.66. The Morgan fingerprint density at radius 1 is 1.09 bits per heavy atom. The van der Waals surface area contributed by atoms with E-state index in [1.54, 1.807) is 6.26 Å². The normalized spacial score (nSPS) is 18.1. The molecule has 1 aliphatic rings. The third kappa shape index (κ3) is 4.00. The monoisotopic (exact) mass is 520 g/mol. The van der Waals surface area contributed by atoms with Gasteiger partial charge in [0, 0.05) is 27.7 Å². The minimum absolute atomic E-state index is 0.0375. The summed E-state index contributed by atoms with van der Waals surface area (Å²) in [5, 5.41) is 4.26. The molecule has 4 heterocycles. The van der Waals surface area contributed by atoms with E-state index in [4.69, 9.17) is 16.6 Å². The van der Waals surface area contributed by atoms with Crippen LogP contribution in [0.4, 0.5) is 5.69 Å². The number of nitrogens with zero attached hydrogens (tertiary/aromatic N) is 3. The van der Waals surface area contributed by atoms with E-state index in [0.717, 1.165) is 21.6 Å². The molecule has 1 aliphatic heterocycles. The number of furan rings is 1. The van der Waals surface area contributed by atoms with Crippen LogP contribution < -0.4 is 10.2 Å². The molecular weight excluding hydrogens is 496 g/mol. The average molecular weight is 521 g/mol. The van der Waals surface area contributed by atoms with E-state index in [1.165, 1.54) is 22.5 Å². The van der Waals surface area contributed by atoms with Crippen LogP contribution in [0.5, 0.6) is 0 Å². The van der Waals surface area contributed by atoms with Gasteiger partial charge in [-0.2, -0.15) is 0 Å². The zero-order valence-electron chi connectivity index (χ0n) is 18.7. The first-order valence-corrected chi connectivity index (χ1v) is 12.1. The van der Waals surface area contributed by atoms with Crippen molar-refractivity contribution in [1.82, 2.24) is 14.9 Å². The average Bonchev–Trinajstić information content (AvgIpc) is 3.51. The van der Waals surface area contributed by atoms with Gasteiger partial charge in [0.25, 0.3) is 0 Å². The number of hydrogen-bond acceptors (Lipinski definition) is 3. The quantitative estimate of drug-likeness (QED) is 0.309. The van der Waals surface area contributed by atoms with Gasteiger partial charge in [-0.1, -0.05) is 22.0 Å². The van der Waals surface area contributed by atoms with Crippen LogP contribution >= 0.6 is 28.1 Å². The number of aromatic nitrogens is 2. The molecule has 0 radical (unpaired) electrons. The summed E-state index contributed by atoms with van der Waals surface area (Å²) >= 11 is 9.51. The number of rotatable bonds is 5. The lowest BCUT2D eigenvalue weighted by Gasteiger charge is -2.28. The summed E-state index contributed by atoms with van der Waals surface area (Å²) in [6.07, 6.45) is 3.56. The van der Waals surface area contributed by atoms with Gasteiger partial charge in [0.1, 0.15) is 5.76 Å². The van der Waals surface area contributed by atoms with E-state index in [9.17, 15) is 0 Å². The van der Waals surface area contributed by atoms with Gasteiger partial charge < -0.3 is 19.2 Å². The summed E-state index contributed by atoms with van der Waals surface area (Å²) in [4.78, 5) is 6.90. The van der Waals surface area contributed by atoms with E-state index in [0.29, 0.717) is 11.7 Å². The Morgan fingerprint density at radius 3 is 2.64 bits per heavy atom. The van der Waals surface area contributed by atoms with Crippen molar-refractivity contribution in [3.8, 4) is 0 Å². The minimum Gasteiger partial charge on any atom is -0.467 e. The molecule has 1 N–H and O–H groups in total. The minimum atomic E-state index is -0.0692. The van der Waals surface area contributed by atoms with Crippen molar-refractivity contribution in [2.75, 3.05) is 4.90 Å². The summed E-state index contributed by atoms with van der Waals surface area (Å²) in [5.41, 5.74) is 6.80. The predicted molar refractivity (Wildman–Crippen MR) is 139 cm³/mol. The number of pyridine rings is 1. The SMILES string of the molecule is Cc1cc(N2C(=S)N[C@H](c3ccccn3)[C@H]2c2cc(C)n(Cc3ccco3)c2C)ccc1Br. The first-order chi connectivity index (χ1) is 15.9. The topological polar surface area (TPSA) is 46.2 Å². The molecule has 1 fully saturated rings. The van der Waals surface area contributed by atoms with E-state index in [1.807, 2.05) is 30.5 Å². The smallest absolute Gasteiger partial charge is 0.174 e. The highest BCUT2D eigenvalue weighted by molar-refractivity contribution is 9.10. The molecule has 5 rings (SSSR count). The molecule has 0 aliphatic carbocycles. The Bertz CT molecular complexity index is 1300. The molecule has 1 saturated heterocycles. The van der Waals surface area contributed by atoms with Crippen LogP contribution in [0, 0.1) is 20.8 Å². The van der Waals surface area contributed by atoms with E-state index >= 15 is 0 Å². The maximum absolute atomic E-state index is 5.88. The van der Waals surface area contributed by atoms with Gasteiger partial charge in [-0.15, -0.1) is 0 Å². The molecule has 5 nitrogen and oxygen atoms in total. The molecule has 33 heavy (non-hydrogen) atoms. The Morgan fingerprint density at radius 2 is 1.94 bits per heavy atom. The predicted octanol–water partition coefficient (Wildman–Crippen LogP) is 6.39. The lowest BCUT2D eigenvalue weighted by atomic mass is 9.96. The summed E-state index contributed by atoms with van der Waals surface area (Å²) in [7, 11) is 0. The number of halogens is 1. The first-order valence-electron chi connectivity index (χ1n) is 10.9. The van der Waals surface area contributed by atoms with Crippen molar-refractivity contribution in [2.24, 2.45) is 0 Å². The number of benzene rings is 1.